The lowest BCUT2D eigenvalue weighted by Crippen LogP contribution is -2.50. The molecule has 6 heteroatoms. The molecule has 1 saturated heterocycles. The molecule has 0 radical (unpaired) electrons. The van der Waals surface area contributed by atoms with E-state index >= 15 is 0 Å². The molecule has 1 heterocycles. The van der Waals surface area contributed by atoms with Crippen molar-refractivity contribution in [2.75, 3.05) is 31.7 Å². The Hall–Kier alpha value is -2.08. The topological polar surface area (TPSA) is 70.7 Å². The largest absolute Gasteiger partial charge is 0.375 e. The van der Waals surface area contributed by atoms with E-state index in [-0.39, 0.29) is 24.3 Å². The molecule has 2 amide bonds. The van der Waals surface area contributed by atoms with Gasteiger partial charge in [0, 0.05) is 32.4 Å². The number of ether oxygens (including phenoxy) is 1. The number of carbonyl (C=O) groups excluding carboxylic acids is 2. The van der Waals surface area contributed by atoms with Crippen LogP contribution in [0.1, 0.15) is 32.3 Å². The van der Waals surface area contributed by atoms with Crippen molar-refractivity contribution in [3.63, 3.8) is 0 Å². The molecule has 0 spiro atoms. The number of hydrogen-bond donors (Lipinski definition) is 2. The van der Waals surface area contributed by atoms with E-state index in [9.17, 15) is 9.59 Å². The van der Waals surface area contributed by atoms with Crippen molar-refractivity contribution in [2.45, 2.75) is 39.3 Å². The summed E-state index contributed by atoms with van der Waals surface area (Å²) >= 11 is 0. The van der Waals surface area contributed by atoms with Crippen molar-refractivity contribution in [3.05, 3.63) is 29.8 Å². The lowest BCUT2D eigenvalue weighted by Gasteiger charge is -2.24. The summed E-state index contributed by atoms with van der Waals surface area (Å²) in [6.07, 6.45) is 2.42. The Morgan fingerprint density at radius 2 is 1.88 bits per heavy atom. The quantitative estimate of drug-likeness (QED) is 0.751. The van der Waals surface area contributed by atoms with Crippen LogP contribution in [0.3, 0.4) is 0 Å². The fourth-order valence-corrected chi connectivity index (χ4v) is 3.10. The molecule has 1 aliphatic heterocycles. The van der Waals surface area contributed by atoms with Gasteiger partial charge in [0.15, 0.2) is 0 Å². The number of rotatable bonds is 8. The van der Waals surface area contributed by atoms with E-state index in [1.807, 2.05) is 32.0 Å². The maximum absolute atomic E-state index is 12.6. The van der Waals surface area contributed by atoms with Crippen LogP contribution in [0.5, 0.6) is 0 Å². The molecule has 1 fully saturated rings. The Labute approximate surface area is 149 Å². The normalized spacial score (nSPS) is 15.3. The minimum Gasteiger partial charge on any atom is -0.375 e. The third-order valence-electron chi connectivity index (χ3n) is 4.43. The van der Waals surface area contributed by atoms with E-state index in [1.54, 1.807) is 0 Å². The van der Waals surface area contributed by atoms with Gasteiger partial charge in [-0.1, -0.05) is 32.0 Å². The Morgan fingerprint density at radius 3 is 2.52 bits per heavy atom. The first kappa shape index (κ1) is 19.2. The highest BCUT2D eigenvalue weighted by molar-refractivity contribution is 5.88. The number of para-hydroxylation sites is 1. The lowest BCUT2D eigenvalue weighted by atomic mass is 10.0. The standard InChI is InChI=1S/C19H29N3O3/c1-14(2)18(21-17(23)13-25-3)19(24)20-12-15-8-4-5-9-16(15)22-10-6-7-11-22/h4-5,8-9,14,18H,6-7,10-13H2,1-3H3,(H,20,24)(H,21,23)/t18-/m0/s1. The third-order valence-corrected chi connectivity index (χ3v) is 4.43. The molecule has 0 unspecified atom stereocenters. The molecule has 25 heavy (non-hydrogen) atoms. The van der Waals surface area contributed by atoms with Crippen LogP contribution in [0.15, 0.2) is 24.3 Å². The molecule has 1 aliphatic rings. The number of anilines is 1. The van der Waals surface area contributed by atoms with Gasteiger partial charge < -0.3 is 20.3 Å². The van der Waals surface area contributed by atoms with Crippen molar-refractivity contribution in [1.29, 1.82) is 0 Å². The van der Waals surface area contributed by atoms with Crippen molar-refractivity contribution in [2.24, 2.45) is 5.92 Å². The first-order chi connectivity index (χ1) is 12.0. The SMILES string of the molecule is COCC(=O)N[C@H](C(=O)NCc1ccccc1N1CCCC1)C(C)C. The van der Waals surface area contributed by atoms with Crippen LogP contribution >= 0.6 is 0 Å². The highest BCUT2D eigenvalue weighted by atomic mass is 16.5. The summed E-state index contributed by atoms with van der Waals surface area (Å²) in [4.78, 5) is 26.7. The minimum absolute atomic E-state index is 0.00497. The predicted molar refractivity (Wildman–Crippen MR) is 98.4 cm³/mol. The number of amides is 2. The van der Waals surface area contributed by atoms with Gasteiger partial charge in [0.05, 0.1) is 0 Å². The molecule has 0 saturated carbocycles. The fourth-order valence-electron chi connectivity index (χ4n) is 3.10. The van der Waals surface area contributed by atoms with Crippen LogP contribution in [0.25, 0.3) is 0 Å². The van der Waals surface area contributed by atoms with Crippen LogP contribution in [0, 0.1) is 5.92 Å². The number of methoxy groups -OCH3 is 1. The molecular formula is C19H29N3O3. The van der Waals surface area contributed by atoms with Crippen LogP contribution in [0.4, 0.5) is 5.69 Å². The predicted octanol–water partition coefficient (Wildman–Crippen LogP) is 1.69. The smallest absolute Gasteiger partial charge is 0.246 e. The Balaban J connectivity index is 1.99. The Bertz CT molecular complexity index is 583. The monoisotopic (exact) mass is 347 g/mol. The van der Waals surface area contributed by atoms with Gasteiger partial charge in [-0.2, -0.15) is 0 Å². The molecule has 138 valence electrons. The molecule has 1 aromatic carbocycles. The van der Waals surface area contributed by atoms with Gasteiger partial charge in [0.1, 0.15) is 12.6 Å². The van der Waals surface area contributed by atoms with Gasteiger partial charge in [-0.3, -0.25) is 9.59 Å². The number of benzene rings is 1. The summed E-state index contributed by atoms with van der Waals surface area (Å²) < 4.78 is 4.82. The minimum atomic E-state index is -0.568. The number of carbonyl (C=O) groups is 2. The second-order valence-electron chi connectivity index (χ2n) is 6.76. The molecule has 0 bridgehead atoms. The van der Waals surface area contributed by atoms with E-state index in [0.29, 0.717) is 6.54 Å². The maximum Gasteiger partial charge on any atom is 0.246 e. The van der Waals surface area contributed by atoms with Crippen LogP contribution in [0.2, 0.25) is 0 Å². The van der Waals surface area contributed by atoms with Gasteiger partial charge >= 0.3 is 0 Å². The van der Waals surface area contributed by atoms with Gasteiger partial charge in [-0.15, -0.1) is 0 Å². The lowest BCUT2D eigenvalue weighted by molar-refractivity contribution is -0.132. The fraction of sp³-hybridized carbons (Fsp3) is 0.579. The van der Waals surface area contributed by atoms with Crippen LogP contribution < -0.4 is 15.5 Å². The molecular weight excluding hydrogens is 318 g/mol. The van der Waals surface area contributed by atoms with Crippen molar-refractivity contribution in [1.82, 2.24) is 10.6 Å². The number of nitrogens with one attached hydrogen (secondary N) is 2. The second kappa shape index (κ2) is 9.42. The Kier molecular flexibility index (Phi) is 7.25. The molecule has 0 aromatic heterocycles. The second-order valence-corrected chi connectivity index (χ2v) is 6.76. The summed E-state index contributed by atoms with van der Waals surface area (Å²) in [5.41, 5.74) is 2.29. The number of nitrogens with zero attached hydrogens (tertiary/aromatic N) is 1. The summed E-state index contributed by atoms with van der Waals surface area (Å²) in [6.45, 7) is 6.35. The van der Waals surface area contributed by atoms with E-state index in [1.165, 1.54) is 25.6 Å². The third kappa shape index (κ3) is 5.46. The molecule has 0 aliphatic carbocycles. The van der Waals surface area contributed by atoms with Gasteiger partial charge in [-0.05, 0) is 30.4 Å². The van der Waals surface area contributed by atoms with E-state index in [2.05, 4.69) is 21.6 Å². The van der Waals surface area contributed by atoms with E-state index in [0.717, 1.165) is 18.7 Å². The van der Waals surface area contributed by atoms with Gasteiger partial charge in [0.2, 0.25) is 11.8 Å². The first-order valence-electron chi connectivity index (χ1n) is 8.91. The highest BCUT2D eigenvalue weighted by Gasteiger charge is 2.24. The van der Waals surface area contributed by atoms with Gasteiger partial charge in [0.25, 0.3) is 0 Å². The Morgan fingerprint density at radius 1 is 1.20 bits per heavy atom. The first-order valence-corrected chi connectivity index (χ1v) is 8.91. The molecule has 1 aromatic rings. The van der Waals surface area contributed by atoms with Gasteiger partial charge in [-0.25, -0.2) is 0 Å². The van der Waals surface area contributed by atoms with E-state index < -0.39 is 6.04 Å². The highest BCUT2D eigenvalue weighted by Crippen LogP contribution is 2.24. The average molecular weight is 347 g/mol. The van der Waals surface area contributed by atoms with Crippen LogP contribution in [-0.4, -0.2) is 44.7 Å². The van der Waals surface area contributed by atoms with Crippen molar-refractivity contribution >= 4 is 17.5 Å². The molecule has 2 rings (SSSR count). The molecule has 6 nitrogen and oxygen atoms in total. The van der Waals surface area contributed by atoms with Crippen LogP contribution in [-0.2, 0) is 20.9 Å². The molecule has 1 atom stereocenters. The summed E-state index contributed by atoms with van der Waals surface area (Å²) in [5.74, 6) is -0.459. The average Bonchev–Trinajstić information content (AvgIpc) is 3.12. The summed E-state index contributed by atoms with van der Waals surface area (Å²) in [5, 5.41) is 5.71. The van der Waals surface area contributed by atoms with Crippen molar-refractivity contribution < 1.29 is 14.3 Å². The summed E-state index contributed by atoms with van der Waals surface area (Å²) in [6, 6.07) is 7.60. The molecule has 2 N–H and O–H groups in total. The van der Waals surface area contributed by atoms with Crippen molar-refractivity contribution in [3.8, 4) is 0 Å². The zero-order valence-electron chi connectivity index (χ0n) is 15.4. The zero-order valence-corrected chi connectivity index (χ0v) is 15.4. The van der Waals surface area contributed by atoms with E-state index in [4.69, 9.17) is 4.74 Å². The zero-order chi connectivity index (χ0) is 18.2. The maximum atomic E-state index is 12.6. The summed E-state index contributed by atoms with van der Waals surface area (Å²) in [7, 11) is 1.46. The number of hydrogen-bond acceptors (Lipinski definition) is 4.